The van der Waals surface area contributed by atoms with Gasteiger partial charge in [0.2, 0.25) is 15.9 Å². The summed E-state index contributed by atoms with van der Waals surface area (Å²) in [5.41, 5.74) is -2.98. The average molecular weight is 513 g/mol. The quantitative estimate of drug-likeness (QED) is 0.548. The number of alkyl halides is 2. The van der Waals surface area contributed by atoms with Crippen molar-refractivity contribution in [1.29, 1.82) is 5.26 Å². The molecule has 1 aromatic carbocycles. The number of carbonyl (C=O) groups is 2. The Kier molecular flexibility index (Phi) is 7.59. The Hall–Kier alpha value is -3.73. The largest absolute Gasteiger partial charge is 0.545 e. The minimum Gasteiger partial charge on any atom is -0.545 e. The van der Waals surface area contributed by atoms with Crippen molar-refractivity contribution < 1.29 is 40.7 Å². The van der Waals surface area contributed by atoms with Gasteiger partial charge in [-0.05, 0) is 31.0 Å². The molecule has 0 radical (unpaired) electrons. The first kappa shape index (κ1) is 25.9. The third kappa shape index (κ3) is 5.86. The topological polar surface area (TPSA) is 143 Å². The van der Waals surface area contributed by atoms with Crippen LogP contribution in [0.3, 0.4) is 0 Å². The SMILES string of the molecule is N#Cc1cc(C(=O)[O-])c(C(F)F)nc1N1CCC(C(=O)NS(=O)(=O)Cc2c(F)cccc2F)CC1. The lowest BCUT2D eigenvalue weighted by atomic mass is 9.96. The highest BCUT2D eigenvalue weighted by Crippen LogP contribution is 2.30. The number of benzene rings is 1. The van der Waals surface area contributed by atoms with Gasteiger partial charge in [-0.15, -0.1) is 0 Å². The number of carboxylic acids is 1. The fraction of sp³-hybridized carbons (Fsp3) is 0.333. The van der Waals surface area contributed by atoms with Gasteiger partial charge in [0.25, 0.3) is 6.43 Å². The summed E-state index contributed by atoms with van der Waals surface area (Å²) in [5.74, 6) is -7.11. The number of piperidine rings is 1. The smallest absolute Gasteiger partial charge is 0.281 e. The van der Waals surface area contributed by atoms with Gasteiger partial charge in [-0.3, -0.25) is 9.52 Å². The van der Waals surface area contributed by atoms with Crippen molar-refractivity contribution >= 4 is 27.7 Å². The lowest BCUT2D eigenvalue weighted by molar-refractivity contribution is -0.255. The van der Waals surface area contributed by atoms with Crippen LogP contribution in [-0.4, -0.2) is 38.4 Å². The van der Waals surface area contributed by atoms with E-state index in [1.165, 1.54) is 4.90 Å². The number of aromatic nitrogens is 1. The Morgan fingerprint density at radius 1 is 1.23 bits per heavy atom. The Bertz CT molecular complexity index is 1290. The number of hydrogen-bond donors (Lipinski definition) is 1. The van der Waals surface area contributed by atoms with Crippen LogP contribution in [0.5, 0.6) is 0 Å². The fourth-order valence-electron chi connectivity index (χ4n) is 3.66. The van der Waals surface area contributed by atoms with Crippen LogP contribution in [0.2, 0.25) is 0 Å². The number of pyridine rings is 1. The van der Waals surface area contributed by atoms with Crippen LogP contribution < -0.4 is 14.7 Å². The van der Waals surface area contributed by atoms with Crippen LogP contribution in [0.25, 0.3) is 0 Å². The van der Waals surface area contributed by atoms with E-state index < -0.39 is 68.5 Å². The van der Waals surface area contributed by atoms with E-state index in [0.29, 0.717) is 0 Å². The number of carbonyl (C=O) groups excluding carboxylic acids is 2. The van der Waals surface area contributed by atoms with Gasteiger partial charge in [0.1, 0.15) is 35.0 Å². The summed E-state index contributed by atoms with van der Waals surface area (Å²) < 4.78 is 80.4. The minimum absolute atomic E-state index is 0.00903. The highest BCUT2D eigenvalue weighted by molar-refractivity contribution is 7.89. The Morgan fingerprint density at radius 2 is 1.83 bits per heavy atom. The normalized spacial score (nSPS) is 14.6. The standard InChI is InChI=1S/C21H18F4N4O5S/c22-15-2-1-3-16(23)14(15)10-35(33,34)28-20(30)11-4-6-29(7-5-11)19-12(9-26)8-13(21(31)32)17(27-19)18(24)25/h1-3,8,11,18H,4-7,10H2,(H,28,30)(H,31,32)/p-1. The zero-order valence-corrected chi connectivity index (χ0v) is 18.6. The molecule has 14 heteroatoms. The maximum absolute atomic E-state index is 13.8. The van der Waals surface area contributed by atoms with E-state index >= 15 is 0 Å². The van der Waals surface area contributed by atoms with Gasteiger partial charge in [-0.25, -0.2) is 31.0 Å². The van der Waals surface area contributed by atoms with Gasteiger partial charge in [0, 0.05) is 30.1 Å². The minimum atomic E-state index is -4.43. The highest BCUT2D eigenvalue weighted by Gasteiger charge is 2.31. The van der Waals surface area contributed by atoms with Crippen LogP contribution in [0, 0.1) is 28.9 Å². The van der Waals surface area contributed by atoms with Crippen molar-refractivity contribution in [2.24, 2.45) is 5.92 Å². The van der Waals surface area contributed by atoms with Crippen LogP contribution in [0.1, 0.15) is 46.4 Å². The molecule has 1 aliphatic heterocycles. The van der Waals surface area contributed by atoms with Gasteiger partial charge < -0.3 is 14.8 Å². The molecule has 0 aliphatic carbocycles. The average Bonchev–Trinajstić information content (AvgIpc) is 2.80. The van der Waals surface area contributed by atoms with Crippen molar-refractivity contribution in [3.8, 4) is 6.07 Å². The molecule has 1 saturated heterocycles. The van der Waals surface area contributed by atoms with E-state index in [1.54, 1.807) is 10.8 Å². The van der Waals surface area contributed by atoms with Crippen molar-refractivity contribution in [1.82, 2.24) is 9.71 Å². The molecule has 0 bridgehead atoms. The first-order valence-electron chi connectivity index (χ1n) is 10.1. The van der Waals surface area contributed by atoms with Crippen molar-refractivity contribution in [2.45, 2.75) is 25.0 Å². The van der Waals surface area contributed by atoms with Gasteiger partial charge in [0.15, 0.2) is 0 Å². The molecule has 9 nitrogen and oxygen atoms in total. The lowest BCUT2D eigenvalue weighted by Crippen LogP contribution is -2.43. The van der Waals surface area contributed by atoms with Crippen molar-refractivity contribution in [3.63, 3.8) is 0 Å². The fourth-order valence-corrected chi connectivity index (χ4v) is 4.86. The van der Waals surface area contributed by atoms with Crippen LogP contribution in [-0.2, 0) is 20.6 Å². The first-order valence-corrected chi connectivity index (χ1v) is 11.8. The summed E-state index contributed by atoms with van der Waals surface area (Å²) in [6, 6.07) is 5.27. The number of amides is 1. The number of halogens is 4. The predicted molar refractivity (Wildman–Crippen MR) is 110 cm³/mol. The van der Waals surface area contributed by atoms with E-state index in [-0.39, 0.29) is 37.3 Å². The zero-order valence-electron chi connectivity index (χ0n) is 17.8. The van der Waals surface area contributed by atoms with Crippen LogP contribution in [0.15, 0.2) is 24.3 Å². The first-order chi connectivity index (χ1) is 16.4. The van der Waals surface area contributed by atoms with Gasteiger partial charge in [-0.2, -0.15) is 5.26 Å². The Labute approximate surface area is 197 Å². The summed E-state index contributed by atoms with van der Waals surface area (Å²) in [7, 11) is -4.43. The van der Waals surface area contributed by atoms with Gasteiger partial charge in [0.05, 0.1) is 11.5 Å². The molecule has 0 saturated carbocycles. The third-order valence-electron chi connectivity index (χ3n) is 5.40. The van der Waals surface area contributed by atoms with E-state index in [2.05, 4.69) is 4.98 Å². The Morgan fingerprint density at radius 3 is 2.34 bits per heavy atom. The molecule has 1 aliphatic rings. The maximum atomic E-state index is 13.8. The predicted octanol–water partition coefficient (Wildman–Crippen LogP) is 1.40. The molecule has 0 unspecified atom stereocenters. The highest BCUT2D eigenvalue weighted by atomic mass is 32.2. The number of nitrogens with one attached hydrogen (secondary N) is 1. The van der Waals surface area contributed by atoms with Crippen molar-refractivity contribution in [2.75, 3.05) is 18.0 Å². The number of nitrogens with zero attached hydrogens (tertiary/aromatic N) is 3. The number of anilines is 1. The molecule has 2 aromatic rings. The zero-order chi connectivity index (χ0) is 25.9. The molecule has 1 N–H and O–H groups in total. The number of aromatic carboxylic acids is 1. The van der Waals surface area contributed by atoms with E-state index in [1.807, 2.05) is 0 Å². The summed E-state index contributed by atoms with van der Waals surface area (Å²) in [6.07, 6.45) is -3.18. The molecule has 186 valence electrons. The summed E-state index contributed by atoms with van der Waals surface area (Å²) in [5, 5.41) is 20.4. The molecule has 2 heterocycles. The Balaban J connectivity index is 1.71. The number of nitriles is 1. The second-order valence-electron chi connectivity index (χ2n) is 7.68. The molecule has 0 atom stereocenters. The molecule has 1 amide bonds. The molecule has 0 spiro atoms. The monoisotopic (exact) mass is 513 g/mol. The van der Waals surface area contributed by atoms with Crippen molar-refractivity contribution in [3.05, 3.63) is 58.3 Å². The summed E-state index contributed by atoms with van der Waals surface area (Å²) in [6.45, 7) is 0.0181. The second-order valence-corrected chi connectivity index (χ2v) is 9.40. The third-order valence-corrected chi connectivity index (χ3v) is 6.58. The molecular weight excluding hydrogens is 496 g/mol. The van der Waals surface area contributed by atoms with E-state index in [0.717, 1.165) is 24.3 Å². The molecule has 1 aromatic heterocycles. The van der Waals surface area contributed by atoms with Crippen LogP contribution >= 0.6 is 0 Å². The molecule has 1 fully saturated rings. The second kappa shape index (κ2) is 10.3. The van der Waals surface area contributed by atoms with Crippen LogP contribution in [0.4, 0.5) is 23.4 Å². The molecule has 35 heavy (non-hydrogen) atoms. The number of carboxylic acid groups (broad SMARTS) is 1. The molecule has 3 rings (SSSR count). The number of hydrogen-bond acceptors (Lipinski definition) is 8. The molecular formula is C21H17F4N4O5S-. The summed E-state index contributed by atoms with van der Waals surface area (Å²) >= 11 is 0. The van der Waals surface area contributed by atoms with Gasteiger partial charge in [-0.1, -0.05) is 6.07 Å². The maximum Gasteiger partial charge on any atom is 0.281 e. The number of sulfonamides is 1. The number of rotatable bonds is 7. The van der Waals surface area contributed by atoms with E-state index in [4.69, 9.17) is 0 Å². The lowest BCUT2D eigenvalue weighted by Gasteiger charge is -2.33. The van der Waals surface area contributed by atoms with Gasteiger partial charge >= 0.3 is 0 Å². The van der Waals surface area contributed by atoms with E-state index in [9.17, 15) is 45.9 Å². The summed E-state index contributed by atoms with van der Waals surface area (Å²) in [4.78, 5) is 28.6.